The van der Waals surface area contributed by atoms with Crippen molar-refractivity contribution in [3.63, 3.8) is 0 Å². The summed E-state index contributed by atoms with van der Waals surface area (Å²) in [7, 11) is 6.94. The Hall–Kier alpha value is -1.52. The Morgan fingerprint density at radius 3 is 2.11 bits per heavy atom. The van der Waals surface area contributed by atoms with Gasteiger partial charge in [0.2, 0.25) is 0 Å². The van der Waals surface area contributed by atoms with Gasteiger partial charge < -0.3 is 53.0 Å². The number of carbonyl (C=O) groups is 2. The van der Waals surface area contributed by atoms with Gasteiger partial charge in [0.25, 0.3) is 0 Å². The van der Waals surface area contributed by atoms with Crippen LogP contribution in [0, 0.1) is 29.6 Å². The van der Waals surface area contributed by atoms with Gasteiger partial charge in [-0.3, -0.25) is 9.59 Å². The van der Waals surface area contributed by atoms with Gasteiger partial charge >= 0.3 is 5.97 Å². The predicted octanol–water partition coefficient (Wildman–Crippen LogP) is 4.29. The number of Topliss-reactive ketones (excluding diaryl/α,β-unsaturated/α-hetero) is 1. The van der Waals surface area contributed by atoms with Crippen LogP contribution in [0.4, 0.5) is 0 Å². The number of ether oxygens (including phenoxy) is 8. The van der Waals surface area contributed by atoms with Crippen molar-refractivity contribution in [1.29, 1.82) is 0 Å². The molecule has 0 aromatic carbocycles. The Balaban J connectivity index is 1.87. The molecule has 4 aliphatic rings. The third-order valence-corrected chi connectivity index (χ3v) is 13.3. The van der Waals surface area contributed by atoms with E-state index in [4.69, 9.17) is 37.9 Å². The summed E-state index contributed by atoms with van der Waals surface area (Å²) in [5.41, 5.74) is -2.36. The highest BCUT2D eigenvalue weighted by atomic mass is 16.7. The molecule has 4 fully saturated rings. The quantitative estimate of drug-likeness (QED) is 0.267. The summed E-state index contributed by atoms with van der Waals surface area (Å²) in [6, 6.07) is -0.249. The highest BCUT2D eigenvalue weighted by Crippen LogP contribution is 2.47. The molecule has 4 heterocycles. The molecule has 0 aliphatic carbocycles. The minimum absolute atomic E-state index is 0.00390. The topological polar surface area (TPSA) is 152 Å². The fourth-order valence-electron chi connectivity index (χ4n) is 9.86. The number of hydrogen-bond donors (Lipinski definition) is 2. The molecule has 0 aromatic heterocycles. The Morgan fingerprint density at radius 1 is 0.907 bits per heavy atom. The SMILES string of the molecule is C=C1CO[C@]2(C)[C@@H](CC)OC(=O)[C@H](C)[C@@H](O[C@H]3C[C@@](C)(OC)C(O)[C@H](C)O3)[C@H](C)[C@@H](O[C@@H]3O[C@H](C)C[C@H](N(C)C)[C@H]3O)[C@](C)(OC)CC(C)C(=O)C(C)[C@H]12. The van der Waals surface area contributed by atoms with Crippen LogP contribution in [0.2, 0.25) is 0 Å². The van der Waals surface area contributed by atoms with Gasteiger partial charge in [-0.1, -0.05) is 34.3 Å². The van der Waals surface area contributed by atoms with E-state index in [1.165, 1.54) is 7.11 Å². The van der Waals surface area contributed by atoms with Gasteiger partial charge in [0, 0.05) is 50.4 Å². The first-order valence-electron chi connectivity index (χ1n) is 19.9. The first-order chi connectivity index (χ1) is 25.1. The Bertz CT molecular complexity index is 1310. The molecule has 0 saturated carbocycles. The molecule has 0 aromatic rings. The van der Waals surface area contributed by atoms with Gasteiger partial charge in [0.05, 0.1) is 48.1 Å². The number of esters is 1. The van der Waals surface area contributed by atoms with Crippen molar-refractivity contribution in [1.82, 2.24) is 4.90 Å². The highest BCUT2D eigenvalue weighted by molar-refractivity contribution is 5.84. The number of rotatable bonds is 8. The minimum atomic E-state index is -1.16. The number of hydrogen-bond acceptors (Lipinski definition) is 13. The molecule has 2 N–H and O–H groups in total. The lowest BCUT2D eigenvalue weighted by Gasteiger charge is -2.50. The Labute approximate surface area is 323 Å². The fraction of sp³-hybridized carbons (Fsp3) is 0.902. The van der Waals surface area contributed by atoms with E-state index in [1.807, 2.05) is 67.5 Å². The van der Waals surface area contributed by atoms with Crippen LogP contribution in [-0.4, -0.2) is 140 Å². The van der Waals surface area contributed by atoms with Crippen LogP contribution < -0.4 is 0 Å². The summed E-state index contributed by atoms with van der Waals surface area (Å²) in [5.74, 6) is -3.43. The third kappa shape index (κ3) is 8.80. The van der Waals surface area contributed by atoms with Crippen LogP contribution in [-0.2, 0) is 47.5 Å². The molecular formula is C41H71NO12. The Kier molecular flexibility index (Phi) is 14.7. The fourth-order valence-corrected chi connectivity index (χ4v) is 9.86. The lowest BCUT2D eigenvalue weighted by Crippen LogP contribution is -2.61. The first-order valence-corrected chi connectivity index (χ1v) is 19.9. The molecule has 3 unspecified atom stereocenters. The molecular weight excluding hydrogens is 698 g/mol. The molecule has 18 atom stereocenters. The average Bonchev–Trinajstić information content (AvgIpc) is 3.43. The normalized spacial score (nSPS) is 48.7. The largest absolute Gasteiger partial charge is 0.459 e. The van der Waals surface area contributed by atoms with Crippen molar-refractivity contribution in [3.8, 4) is 0 Å². The van der Waals surface area contributed by atoms with Gasteiger partial charge in [-0.2, -0.15) is 0 Å². The van der Waals surface area contributed by atoms with E-state index in [-0.39, 0.29) is 37.4 Å². The zero-order chi connectivity index (χ0) is 40.7. The number of likely N-dealkylation sites (N-methyl/N-ethyl adjacent to an activating group) is 1. The van der Waals surface area contributed by atoms with Crippen molar-refractivity contribution in [3.05, 3.63) is 12.2 Å². The van der Waals surface area contributed by atoms with E-state index in [2.05, 4.69) is 6.58 Å². The Morgan fingerprint density at radius 2 is 1.54 bits per heavy atom. The van der Waals surface area contributed by atoms with E-state index < -0.39 is 102 Å². The van der Waals surface area contributed by atoms with Crippen molar-refractivity contribution < 1.29 is 57.7 Å². The van der Waals surface area contributed by atoms with E-state index in [9.17, 15) is 19.8 Å². The van der Waals surface area contributed by atoms with E-state index in [1.54, 1.807) is 27.9 Å². The number of carbonyl (C=O) groups excluding carboxylic acids is 2. The number of cyclic esters (lactones) is 1. The zero-order valence-corrected chi connectivity index (χ0v) is 35.3. The van der Waals surface area contributed by atoms with E-state index in [0.717, 1.165) is 5.57 Å². The molecule has 0 bridgehead atoms. The lowest BCUT2D eigenvalue weighted by atomic mass is 9.69. The molecule has 4 saturated heterocycles. The zero-order valence-electron chi connectivity index (χ0n) is 35.3. The maximum atomic E-state index is 14.5. The van der Waals surface area contributed by atoms with Crippen LogP contribution in [0.3, 0.4) is 0 Å². The standard InChI is InChI=1S/C41H71NO12/c1-16-29-41(11)31(22(3)20-49-41)24(5)32(43)21(2)18-40(10,48-15)36(54-38-33(44)28(42(12)13)17-23(4)50-38)25(6)34(26(7)37(46)52-29)53-30-19-39(9,47-14)35(45)27(8)51-30/h21,23-31,33-36,38,44-45H,3,16-20H2,1-2,4-15H3/t21?,23-,24?,25+,26-,27+,28+,29-,30+,31+,33-,34+,35?,36-,38+,39-,40-,41-/m1/s1. The van der Waals surface area contributed by atoms with Crippen molar-refractivity contribution in [2.75, 3.05) is 34.9 Å². The van der Waals surface area contributed by atoms with Gasteiger partial charge in [0.1, 0.15) is 29.7 Å². The predicted molar refractivity (Wildman–Crippen MR) is 201 cm³/mol. The van der Waals surface area contributed by atoms with Crippen molar-refractivity contribution in [2.24, 2.45) is 29.6 Å². The molecule has 13 heteroatoms. The highest BCUT2D eigenvalue weighted by Gasteiger charge is 2.56. The number of aliphatic hydroxyl groups is 2. The molecule has 0 radical (unpaired) electrons. The number of ketones is 1. The van der Waals surface area contributed by atoms with Gasteiger partial charge in [-0.15, -0.1) is 0 Å². The summed E-state index contributed by atoms with van der Waals surface area (Å²) < 4.78 is 51.2. The summed E-state index contributed by atoms with van der Waals surface area (Å²) in [5, 5.41) is 22.7. The van der Waals surface area contributed by atoms with Crippen LogP contribution in [0.25, 0.3) is 0 Å². The van der Waals surface area contributed by atoms with Gasteiger partial charge in [-0.25, -0.2) is 0 Å². The molecule has 4 rings (SSSR count). The van der Waals surface area contributed by atoms with E-state index in [0.29, 0.717) is 12.8 Å². The second-order valence-electron chi connectivity index (χ2n) is 17.6. The van der Waals surface area contributed by atoms with Crippen molar-refractivity contribution in [2.45, 2.75) is 173 Å². The number of nitrogens with zero attached hydrogens (tertiary/aromatic N) is 1. The molecule has 54 heavy (non-hydrogen) atoms. The molecule has 0 amide bonds. The molecule has 0 spiro atoms. The minimum Gasteiger partial charge on any atom is -0.459 e. The number of methoxy groups -OCH3 is 2. The van der Waals surface area contributed by atoms with Crippen LogP contribution in [0.5, 0.6) is 0 Å². The summed E-state index contributed by atoms with van der Waals surface area (Å²) in [6.07, 6.45) is -5.76. The molecule has 312 valence electrons. The van der Waals surface area contributed by atoms with E-state index >= 15 is 0 Å². The maximum Gasteiger partial charge on any atom is 0.311 e. The second-order valence-corrected chi connectivity index (χ2v) is 17.6. The number of fused-ring (bicyclic) bond motifs is 1. The number of aliphatic hydroxyl groups excluding tert-OH is 2. The average molecular weight is 770 g/mol. The second kappa shape index (κ2) is 17.5. The molecule has 13 nitrogen and oxygen atoms in total. The molecule has 4 aliphatic heterocycles. The van der Waals surface area contributed by atoms with Crippen LogP contribution in [0.1, 0.15) is 94.9 Å². The summed E-state index contributed by atoms with van der Waals surface area (Å²) in [6.45, 7) is 23.3. The lowest BCUT2D eigenvalue weighted by molar-refractivity contribution is -0.319. The smallest absolute Gasteiger partial charge is 0.311 e. The first kappa shape index (κ1) is 45.2. The third-order valence-electron chi connectivity index (χ3n) is 13.3. The van der Waals surface area contributed by atoms with Crippen LogP contribution >= 0.6 is 0 Å². The van der Waals surface area contributed by atoms with Gasteiger partial charge in [0.15, 0.2) is 12.6 Å². The monoisotopic (exact) mass is 769 g/mol. The van der Waals surface area contributed by atoms with Crippen LogP contribution in [0.15, 0.2) is 12.2 Å². The summed E-state index contributed by atoms with van der Waals surface area (Å²) >= 11 is 0. The summed E-state index contributed by atoms with van der Waals surface area (Å²) in [4.78, 5) is 30.9. The van der Waals surface area contributed by atoms with Crippen molar-refractivity contribution >= 4 is 11.8 Å². The maximum absolute atomic E-state index is 14.5. The van der Waals surface area contributed by atoms with Gasteiger partial charge in [-0.05, 0) is 80.5 Å².